The number of hydrogen-bond donors (Lipinski definition) is 2. The second-order valence-electron chi connectivity index (χ2n) is 10.2. The van der Waals surface area contributed by atoms with Crippen molar-refractivity contribution in [2.75, 3.05) is 55.1 Å². The molecule has 2 saturated heterocycles. The molecule has 190 valence electrons. The number of ether oxygens (including phenoxy) is 1. The van der Waals surface area contributed by atoms with Crippen molar-refractivity contribution in [1.29, 1.82) is 0 Å². The van der Waals surface area contributed by atoms with E-state index in [0.29, 0.717) is 18.7 Å². The van der Waals surface area contributed by atoms with Gasteiger partial charge in [0.25, 0.3) is 5.91 Å². The van der Waals surface area contributed by atoms with Gasteiger partial charge in [0.05, 0.1) is 11.4 Å². The first-order chi connectivity index (χ1) is 17.5. The molecule has 0 spiro atoms. The van der Waals surface area contributed by atoms with E-state index in [0.717, 1.165) is 54.8 Å². The second-order valence-corrected chi connectivity index (χ2v) is 10.2. The minimum Gasteiger partial charge on any atom is -0.490 e. The SMILES string of the molecule is CN1NNc2cc(C(=O)N3CCN(c4ccc(OC5CCN(C6CCC6)CC5)cc4)C(=O)C3)ccc21. The Bertz CT molecular complexity index is 1130. The molecule has 3 fully saturated rings. The normalized spacial score (nSPS) is 21.2. The number of benzene rings is 2. The summed E-state index contributed by atoms with van der Waals surface area (Å²) >= 11 is 0. The molecule has 1 saturated carbocycles. The van der Waals surface area contributed by atoms with E-state index in [9.17, 15) is 9.59 Å². The van der Waals surface area contributed by atoms with Gasteiger partial charge in [-0.1, -0.05) is 6.42 Å². The third-order valence-corrected chi connectivity index (χ3v) is 7.99. The fourth-order valence-corrected chi connectivity index (χ4v) is 5.58. The van der Waals surface area contributed by atoms with Crippen LogP contribution in [-0.2, 0) is 4.79 Å². The Morgan fingerprint density at radius 1 is 0.972 bits per heavy atom. The zero-order valence-electron chi connectivity index (χ0n) is 20.8. The molecule has 2 aromatic rings. The third kappa shape index (κ3) is 4.49. The maximum absolute atomic E-state index is 13.1. The maximum atomic E-state index is 13.1. The van der Waals surface area contributed by atoms with Crippen LogP contribution in [0.2, 0.25) is 0 Å². The van der Waals surface area contributed by atoms with Crippen molar-refractivity contribution in [3.8, 4) is 5.75 Å². The Morgan fingerprint density at radius 2 is 1.75 bits per heavy atom. The quantitative estimate of drug-likeness (QED) is 0.667. The van der Waals surface area contributed by atoms with E-state index in [1.807, 2.05) is 48.5 Å². The fourth-order valence-electron chi connectivity index (χ4n) is 5.58. The number of nitrogens with zero attached hydrogens (tertiary/aromatic N) is 4. The first kappa shape index (κ1) is 23.1. The molecule has 4 aliphatic rings. The van der Waals surface area contributed by atoms with Crippen molar-refractivity contribution in [1.82, 2.24) is 15.3 Å². The Morgan fingerprint density at radius 3 is 2.44 bits per heavy atom. The molecular weight excluding hydrogens is 456 g/mol. The van der Waals surface area contributed by atoms with Crippen molar-refractivity contribution < 1.29 is 14.3 Å². The van der Waals surface area contributed by atoms with Crippen LogP contribution < -0.4 is 25.6 Å². The van der Waals surface area contributed by atoms with E-state index in [4.69, 9.17) is 4.74 Å². The van der Waals surface area contributed by atoms with Crippen LogP contribution in [0.4, 0.5) is 17.1 Å². The fraction of sp³-hybridized carbons (Fsp3) is 0.481. The van der Waals surface area contributed by atoms with Crippen molar-refractivity contribution in [3.05, 3.63) is 48.0 Å². The summed E-state index contributed by atoms with van der Waals surface area (Å²) in [5.74, 6) is 0.647. The van der Waals surface area contributed by atoms with Crippen LogP contribution in [0.1, 0.15) is 42.5 Å². The van der Waals surface area contributed by atoms with Crippen molar-refractivity contribution in [2.45, 2.75) is 44.2 Å². The molecule has 0 bridgehead atoms. The summed E-state index contributed by atoms with van der Waals surface area (Å²) in [6.07, 6.45) is 6.49. The zero-order valence-corrected chi connectivity index (χ0v) is 20.8. The summed E-state index contributed by atoms with van der Waals surface area (Å²) in [4.78, 5) is 32.0. The van der Waals surface area contributed by atoms with E-state index in [-0.39, 0.29) is 24.5 Å². The predicted octanol–water partition coefficient (Wildman–Crippen LogP) is 2.85. The molecule has 3 aliphatic heterocycles. The standard InChI is InChI=1S/C27H34N6O3/c1-30-25-10-5-19(17-24(25)28-29-30)27(35)32-15-16-33(26(34)18-32)21-6-8-22(9-7-21)36-23-11-13-31(14-12-23)20-3-2-4-20/h5-10,17,20,23,28-29H,2-4,11-16,18H2,1H3. The Labute approximate surface area is 211 Å². The number of anilines is 3. The van der Waals surface area contributed by atoms with Crippen LogP contribution in [-0.4, -0.2) is 73.5 Å². The average Bonchev–Trinajstić information content (AvgIpc) is 3.24. The second kappa shape index (κ2) is 9.63. The summed E-state index contributed by atoms with van der Waals surface area (Å²) < 4.78 is 6.24. The van der Waals surface area contributed by atoms with Crippen molar-refractivity contribution in [2.24, 2.45) is 0 Å². The molecule has 0 radical (unpaired) electrons. The van der Waals surface area contributed by atoms with Gasteiger partial charge in [-0.25, -0.2) is 0 Å². The van der Waals surface area contributed by atoms with Gasteiger partial charge >= 0.3 is 0 Å². The van der Waals surface area contributed by atoms with Crippen molar-refractivity contribution in [3.63, 3.8) is 0 Å². The van der Waals surface area contributed by atoms with Gasteiger partial charge in [0, 0.05) is 50.5 Å². The van der Waals surface area contributed by atoms with E-state index in [1.165, 1.54) is 19.3 Å². The van der Waals surface area contributed by atoms with E-state index in [2.05, 4.69) is 15.9 Å². The summed E-state index contributed by atoms with van der Waals surface area (Å²) in [6.45, 7) is 3.28. The van der Waals surface area contributed by atoms with Gasteiger partial charge in [0.2, 0.25) is 5.91 Å². The maximum Gasteiger partial charge on any atom is 0.254 e. The number of piperazine rings is 1. The first-order valence-corrected chi connectivity index (χ1v) is 13.0. The molecule has 2 aromatic carbocycles. The largest absolute Gasteiger partial charge is 0.490 e. The van der Waals surface area contributed by atoms with Crippen LogP contribution in [0.25, 0.3) is 0 Å². The molecule has 0 atom stereocenters. The number of amides is 2. The number of carbonyl (C=O) groups is 2. The van der Waals surface area contributed by atoms with Crippen molar-refractivity contribution >= 4 is 28.9 Å². The molecule has 9 heteroatoms. The van der Waals surface area contributed by atoms with Crippen LogP contribution in [0, 0.1) is 0 Å². The predicted molar refractivity (Wildman–Crippen MR) is 139 cm³/mol. The third-order valence-electron chi connectivity index (χ3n) is 7.99. The minimum atomic E-state index is -0.130. The van der Waals surface area contributed by atoms with Crippen LogP contribution >= 0.6 is 0 Å². The molecule has 9 nitrogen and oxygen atoms in total. The highest BCUT2D eigenvalue weighted by Gasteiger charge is 2.31. The molecule has 0 unspecified atom stereocenters. The molecule has 0 aromatic heterocycles. The Kier molecular flexibility index (Phi) is 6.18. The van der Waals surface area contributed by atoms with E-state index in [1.54, 1.807) is 15.9 Å². The lowest BCUT2D eigenvalue weighted by Gasteiger charge is -2.41. The monoisotopic (exact) mass is 490 g/mol. The highest BCUT2D eigenvalue weighted by atomic mass is 16.5. The van der Waals surface area contributed by atoms with Gasteiger partial charge in [0.15, 0.2) is 0 Å². The summed E-state index contributed by atoms with van der Waals surface area (Å²) in [5.41, 5.74) is 9.26. The topological polar surface area (TPSA) is 80.4 Å². The van der Waals surface area contributed by atoms with E-state index < -0.39 is 0 Å². The van der Waals surface area contributed by atoms with Gasteiger partial charge in [-0.15, -0.1) is 5.53 Å². The summed E-state index contributed by atoms with van der Waals surface area (Å²) in [7, 11) is 1.90. The molecule has 36 heavy (non-hydrogen) atoms. The Hall–Kier alpha value is -3.30. The van der Waals surface area contributed by atoms with Gasteiger partial charge in [-0.2, -0.15) is 0 Å². The number of nitrogens with one attached hydrogen (secondary N) is 2. The highest BCUT2D eigenvalue weighted by Crippen LogP contribution is 2.31. The van der Waals surface area contributed by atoms with Crippen LogP contribution in [0.3, 0.4) is 0 Å². The number of hydrogen-bond acceptors (Lipinski definition) is 7. The molecule has 2 amide bonds. The number of rotatable bonds is 5. The van der Waals surface area contributed by atoms with Gasteiger partial charge < -0.3 is 24.9 Å². The van der Waals surface area contributed by atoms with Crippen LogP contribution in [0.5, 0.6) is 5.75 Å². The minimum absolute atomic E-state index is 0.0688. The van der Waals surface area contributed by atoms with E-state index >= 15 is 0 Å². The molecule has 1 aliphatic carbocycles. The zero-order chi connectivity index (χ0) is 24.6. The molecule has 6 rings (SSSR count). The van der Waals surface area contributed by atoms with Gasteiger partial charge in [0.1, 0.15) is 18.4 Å². The lowest BCUT2D eigenvalue weighted by molar-refractivity contribution is -0.120. The summed E-state index contributed by atoms with van der Waals surface area (Å²) in [5, 5.41) is 1.85. The highest BCUT2D eigenvalue weighted by molar-refractivity contribution is 6.02. The molecule has 2 N–H and O–H groups in total. The Balaban J connectivity index is 1.02. The lowest BCUT2D eigenvalue weighted by atomic mass is 9.90. The molecule has 3 heterocycles. The number of fused-ring (bicyclic) bond motifs is 1. The number of piperidine rings is 1. The number of likely N-dealkylation sites (tertiary alicyclic amines) is 1. The number of carbonyl (C=O) groups excluding carboxylic acids is 2. The lowest BCUT2D eigenvalue weighted by Crippen LogP contribution is -2.52. The average molecular weight is 491 g/mol. The van der Waals surface area contributed by atoms with Gasteiger partial charge in [-0.05, 0) is 68.1 Å². The smallest absolute Gasteiger partial charge is 0.254 e. The molecular formula is C27H34N6O3. The number of hydrazine groups is 2. The first-order valence-electron chi connectivity index (χ1n) is 13.0. The van der Waals surface area contributed by atoms with Gasteiger partial charge in [-0.3, -0.25) is 14.6 Å². The van der Waals surface area contributed by atoms with Crippen LogP contribution in [0.15, 0.2) is 42.5 Å². The summed E-state index contributed by atoms with van der Waals surface area (Å²) in [6, 6.07) is 14.1.